The first-order chi connectivity index (χ1) is 9.47. The van der Waals surface area contributed by atoms with Gasteiger partial charge in [0.2, 0.25) is 0 Å². The Bertz CT molecular complexity index is 330. The van der Waals surface area contributed by atoms with Gasteiger partial charge in [0.05, 0.1) is 5.60 Å². The summed E-state index contributed by atoms with van der Waals surface area (Å²) in [5.74, 6) is 2.31. The van der Waals surface area contributed by atoms with Gasteiger partial charge in [0.15, 0.2) is 0 Å². The van der Waals surface area contributed by atoms with Crippen LogP contribution in [0.3, 0.4) is 0 Å². The molecular weight excluding hydrogens is 272 g/mol. The number of nitrogens with one attached hydrogen (secondary N) is 1. The first-order valence-corrected chi connectivity index (χ1v) is 8.97. The Morgan fingerprint density at radius 2 is 2.10 bits per heavy atom. The number of rotatable bonds is 5. The molecule has 0 radical (unpaired) electrons. The van der Waals surface area contributed by atoms with E-state index in [2.05, 4.69) is 10.2 Å². The van der Waals surface area contributed by atoms with E-state index in [4.69, 9.17) is 0 Å². The molecule has 2 N–H and O–H groups in total. The number of amides is 2. The highest BCUT2D eigenvalue weighted by Crippen LogP contribution is 2.35. The van der Waals surface area contributed by atoms with Crippen LogP contribution < -0.4 is 5.32 Å². The fraction of sp³-hybridized carbons (Fsp3) is 0.933. The highest BCUT2D eigenvalue weighted by molar-refractivity contribution is 7.99. The molecule has 1 heterocycles. The lowest BCUT2D eigenvalue weighted by Gasteiger charge is -2.31. The van der Waals surface area contributed by atoms with E-state index < -0.39 is 5.60 Å². The van der Waals surface area contributed by atoms with Crippen molar-refractivity contribution < 1.29 is 9.90 Å². The molecule has 2 aliphatic rings. The summed E-state index contributed by atoms with van der Waals surface area (Å²) in [6.07, 6.45) is 6.28. The van der Waals surface area contributed by atoms with Gasteiger partial charge >= 0.3 is 6.03 Å². The van der Waals surface area contributed by atoms with Crippen LogP contribution in [0.15, 0.2) is 0 Å². The zero-order valence-corrected chi connectivity index (χ0v) is 13.5. The van der Waals surface area contributed by atoms with E-state index >= 15 is 0 Å². The molecule has 1 saturated heterocycles. The second kappa shape index (κ2) is 7.03. The van der Waals surface area contributed by atoms with Gasteiger partial charge in [0.25, 0.3) is 0 Å². The Morgan fingerprint density at radius 3 is 2.85 bits per heavy atom. The van der Waals surface area contributed by atoms with Crippen molar-refractivity contribution >= 4 is 17.8 Å². The van der Waals surface area contributed by atoms with E-state index in [0.29, 0.717) is 18.3 Å². The van der Waals surface area contributed by atoms with Crippen molar-refractivity contribution in [1.82, 2.24) is 10.2 Å². The molecule has 20 heavy (non-hydrogen) atoms. The predicted molar refractivity (Wildman–Crippen MR) is 84.1 cm³/mol. The van der Waals surface area contributed by atoms with Gasteiger partial charge in [-0.1, -0.05) is 12.8 Å². The summed E-state index contributed by atoms with van der Waals surface area (Å²) in [7, 11) is 0. The zero-order valence-electron chi connectivity index (χ0n) is 12.7. The van der Waals surface area contributed by atoms with Crippen molar-refractivity contribution in [3.8, 4) is 0 Å². The van der Waals surface area contributed by atoms with Crippen LogP contribution in [0.1, 0.15) is 46.0 Å². The normalized spacial score (nSPS) is 26.4. The van der Waals surface area contributed by atoms with Crippen LogP contribution in [0.5, 0.6) is 0 Å². The number of urea groups is 1. The molecule has 0 aromatic carbocycles. The monoisotopic (exact) mass is 300 g/mol. The van der Waals surface area contributed by atoms with Gasteiger partial charge in [0.1, 0.15) is 0 Å². The number of fused-ring (bicyclic) bond motifs is 1. The summed E-state index contributed by atoms with van der Waals surface area (Å²) in [5.41, 5.74) is -0.626. The van der Waals surface area contributed by atoms with Gasteiger partial charge in [-0.25, -0.2) is 4.79 Å². The van der Waals surface area contributed by atoms with Crippen molar-refractivity contribution in [3.05, 3.63) is 0 Å². The van der Waals surface area contributed by atoms with Gasteiger partial charge in [-0.05, 0) is 39.0 Å². The van der Waals surface area contributed by atoms with Crippen molar-refractivity contribution in [3.63, 3.8) is 0 Å². The van der Waals surface area contributed by atoms with Crippen molar-refractivity contribution in [2.24, 2.45) is 5.92 Å². The van der Waals surface area contributed by atoms with Crippen LogP contribution >= 0.6 is 11.8 Å². The minimum Gasteiger partial charge on any atom is -0.390 e. The standard InChI is InChI=1S/C15H28N2O2S/c1-15(2,19)11-20-10-8-16-14(18)17-9-7-12-5-3-4-6-13(12)17/h12-13,19H,3-11H2,1-2H3,(H,16,18)/t12-,13-/m1/s1. The minimum absolute atomic E-state index is 0.114. The number of hydrogen-bond acceptors (Lipinski definition) is 3. The van der Waals surface area contributed by atoms with Crippen LogP contribution in [0.4, 0.5) is 4.79 Å². The predicted octanol–water partition coefficient (Wildman–Crippen LogP) is 2.46. The quantitative estimate of drug-likeness (QED) is 0.767. The minimum atomic E-state index is -0.626. The van der Waals surface area contributed by atoms with Crippen LogP contribution in [-0.4, -0.2) is 52.3 Å². The van der Waals surface area contributed by atoms with Gasteiger partial charge < -0.3 is 15.3 Å². The Kier molecular flexibility index (Phi) is 5.61. The summed E-state index contributed by atoms with van der Waals surface area (Å²) in [4.78, 5) is 14.3. The van der Waals surface area contributed by atoms with E-state index in [1.54, 1.807) is 11.8 Å². The average molecular weight is 300 g/mol. The Labute approximate surface area is 126 Å². The third-order valence-corrected chi connectivity index (χ3v) is 5.65. The van der Waals surface area contributed by atoms with Crippen molar-refractivity contribution in [2.75, 3.05) is 24.6 Å². The molecule has 0 bridgehead atoms. The molecule has 1 aliphatic carbocycles. The van der Waals surface area contributed by atoms with E-state index in [9.17, 15) is 9.90 Å². The molecule has 2 fully saturated rings. The molecule has 4 nitrogen and oxygen atoms in total. The summed E-state index contributed by atoms with van der Waals surface area (Å²) >= 11 is 1.68. The SMILES string of the molecule is CC(C)(O)CSCCNC(=O)N1CC[C@H]2CCCC[C@H]21. The average Bonchev–Trinajstić information content (AvgIpc) is 2.80. The third kappa shape index (κ3) is 4.55. The maximum absolute atomic E-state index is 12.2. The fourth-order valence-electron chi connectivity index (χ4n) is 3.31. The molecule has 2 atom stereocenters. The van der Waals surface area contributed by atoms with Gasteiger partial charge in [-0.3, -0.25) is 0 Å². The lowest BCUT2D eigenvalue weighted by molar-refractivity contribution is 0.107. The first kappa shape index (κ1) is 16.0. The second-order valence-electron chi connectivity index (χ2n) is 6.69. The van der Waals surface area contributed by atoms with Gasteiger partial charge in [0, 0.05) is 30.6 Å². The number of carbonyl (C=O) groups is 1. The number of hydrogen-bond donors (Lipinski definition) is 2. The number of thioether (sulfide) groups is 1. The van der Waals surface area contributed by atoms with Gasteiger partial charge in [-0.2, -0.15) is 11.8 Å². The Hall–Kier alpha value is -0.420. The first-order valence-electron chi connectivity index (χ1n) is 7.82. The summed E-state index contributed by atoms with van der Waals surface area (Å²) in [6.45, 7) is 5.24. The molecule has 1 saturated carbocycles. The van der Waals surface area contributed by atoms with Crippen molar-refractivity contribution in [1.29, 1.82) is 0 Å². The van der Waals surface area contributed by atoms with Crippen LogP contribution in [0.25, 0.3) is 0 Å². The third-order valence-electron chi connectivity index (χ3n) is 4.25. The number of aliphatic hydroxyl groups is 1. The summed E-state index contributed by atoms with van der Waals surface area (Å²) < 4.78 is 0. The molecule has 116 valence electrons. The highest BCUT2D eigenvalue weighted by atomic mass is 32.2. The molecule has 0 aromatic rings. The van der Waals surface area contributed by atoms with E-state index in [1.807, 2.05) is 13.8 Å². The van der Waals surface area contributed by atoms with E-state index in [0.717, 1.165) is 18.2 Å². The molecule has 0 spiro atoms. The van der Waals surface area contributed by atoms with Crippen LogP contribution in [-0.2, 0) is 0 Å². The number of nitrogens with zero attached hydrogens (tertiary/aromatic N) is 1. The molecular formula is C15H28N2O2S. The Morgan fingerprint density at radius 1 is 1.35 bits per heavy atom. The van der Waals surface area contributed by atoms with E-state index in [1.165, 1.54) is 32.1 Å². The highest BCUT2D eigenvalue weighted by Gasteiger charge is 2.37. The van der Waals surface area contributed by atoms with Crippen LogP contribution in [0, 0.1) is 5.92 Å². The molecule has 2 amide bonds. The zero-order chi connectivity index (χ0) is 14.6. The fourth-order valence-corrected chi connectivity index (χ4v) is 4.20. The van der Waals surface area contributed by atoms with Crippen LogP contribution in [0.2, 0.25) is 0 Å². The maximum Gasteiger partial charge on any atom is 0.317 e. The smallest absolute Gasteiger partial charge is 0.317 e. The number of carbonyl (C=O) groups excluding carboxylic acids is 1. The molecule has 2 rings (SSSR count). The second-order valence-corrected chi connectivity index (χ2v) is 7.80. The number of likely N-dealkylation sites (tertiary alicyclic amines) is 1. The largest absolute Gasteiger partial charge is 0.390 e. The molecule has 0 aromatic heterocycles. The van der Waals surface area contributed by atoms with Gasteiger partial charge in [-0.15, -0.1) is 0 Å². The lowest BCUT2D eigenvalue weighted by Crippen LogP contribution is -2.45. The summed E-state index contributed by atoms with van der Waals surface area (Å²) in [5, 5.41) is 12.6. The molecule has 1 aliphatic heterocycles. The Balaban J connectivity index is 1.65. The lowest BCUT2D eigenvalue weighted by atomic mass is 9.85. The summed E-state index contributed by atoms with van der Waals surface area (Å²) in [6, 6.07) is 0.607. The maximum atomic E-state index is 12.2. The topological polar surface area (TPSA) is 52.6 Å². The molecule has 5 heteroatoms. The van der Waals surface area contributed by atoms with E-state index in [-0.39, 0.29) is 6.03 Å². The van der Waals surface area contributed by atoms with Crippen molar-refractivity contribution in [2.45, 2.75) is 57.6 Å². The molecule has 0 unspecified atom stereocenters.